The first kappa shape index (κ1) is 20.8. The molecule has 0 aliphatic rings. The predicted octanol–water partition coefficient (Wildman–Crippen LogP) is 6.21. The minimum Gasteiger partial charge on any atom is -0.462 e. The van der Waals surface area contributed by atoms with Crippen LogP contribution in [0.25, 0.3) is 17.2 Å². The average molecular weight is 426 g/mol. The first-order valence-corrected chi connectivity index (χ1v) is 10.3. The number of rotatable bonds is 6. The number of thiophene rings is 1. The largest absolute Gasteiger partial charge is 0.462 e. The minimum atomic E-state index is -0.457. The van der Waals surface area contributed by atoms with Crippen LogP contribution in [-0.4, -0.2) is 18.5 Å². The van der Waals surface area contributed by atoms with Crippen molar-refractivity contribution in [3.8, 4) is 11.1 Å². The SMILES string of the molecule is CCOC(=O)c1c(-c2ccc(C)cc2)csc1NC(=O)/C=C/c1ccc(Cl)cc1. The molecule has 0 atom stereocenters. The van der Waals surface area contributed by atoms with E-state index in [1.807, 2.05) is 48.7 Å². The zero-order chi connectivity index (χ0) is 20.8. The molecule has 0 saturated heterocycles. The molecule has 3 rings (SSSR count). The molecule has 0 aliphatic carbocycles. The van der Waals surface area contributed by atoms with Crippen LogP contribution in [-0.2, 0) is 9.53 Å². The monoisotopic (exact) mass is 425 g/mol. The van der Waals surface area contributed by atoms with Crippen LogP contribution in [0, 0.1) is 6.92 Å². The number of hydrogen-bond donors (Lipinski definition) is 1. The standard InChI is InChI=1S/C23H20ClNO3S/c1-3-28-23(27)21-19(17-9-4-15(2)5-10-17)14-29-22(21)25-20(26)13-8-16-6-11-18(24)12-7-16/h4-14H,3H2,1-2H3,(H,25,26)/b13-8+. The summed E-state index contributed by atoms with van der Waals surface area (Å²) >= 11 is 7.17. The molecular weight excluding hydrogens is 406 g/mol. The summed E-state index contributed by atoms with van der Waals surface area (Å²) in [5.74, 6) is -0.788. The van der Waals surface area contributed by atoms with E-state index >= 15 is 0 Å². The molecule has 1 N–H and O–H groups in total. The summed E-state index contributed by atoms with van der Waals surface area (Å²) in [6.07, 6.45) is 3.10. The smallest absolute Gasteiger partial charge is 0.341 e. The number of amides is 1. The molecule has 1 aromatic heterocycles. The fraction of sp³-hybridized carbons (Fsp3) is 0.130. The molecule has 0 bridgehead atoms. The number of benzene rings is 2. The van der Waals surface area contributed by atoms with Gasteiger partial charge in [-0.3, -0.25) is 4.79 Å². The fourth-order valence-electron chi connectivity index (χ4n) is 2.70. The van der Waals surface area contributed by atoms with Gasteiger partial charge in [-0.15, -0.1) is 11.3 Å². The zero-order valence-electron chi connectivity index (χ0n) is 16.1. The Hall–Kier alpha value is -2.89. The van der Waals surface area contributed by atoms with E-state index in [9.17, 15) is 9.59 Å². The number of carbonyl (C=O) groups is 2. The van der Waals surface area contributed by atoms with Gasteiger partial charge in [0.1, 0.15) is 10.6 Å². The van der Waals surface area contributed by atoms with E-state index in [0.717, 1.165) is 22.3 Å². The molecule has 0 spiro atoms. The van der Waals surface area contributed by atoms with Crippen LogP contribution in [0.15, 0.2) is 60.0 Å². The van der Waals surface area contributed by atoms with Crippen molar-refractivity contribution in [2.45, 2.75) is 13.8 Å². The second-order valence-electron chi connectivity index (χ2n) is 6.31. The lowest BCUT2D eigenvalue weighted by Gasteiger charge is -2.08. The van der Waals surface area contributed by atoms with Crippen LogP contribution in [0.5, 0.6) is 0 Å². The van der Waals surface area contributed by atoms with Crippen molar-refractivity contribution in [2.75, 3.05) is 11.9 Å². The summed E-state index contributed by atoms with van der Waals surface area (Å²) in [7, 11) is 0. The van der Waals surface area contributed by atoms with Crippen molar-refractivity contribution in [2.24, 2.45) is 0 Å². The molecule has 4 nitrogen and oxygen atoms in total. The fourth-order valence-corrected chi connectivity index (χ4v) is 3.79. The van der Waals surface area contributed by atoms with Gasteiger partial charge in [0.25, 0.3) is 0 Å². The lowest BCUT2D eigenvalue weighted by Crippen LogP contribution is -2.12. The van der Waals surface area contributed by atoms with Gasteiger partial charge in [-0.1, -0.05) is 53.6 Å². The number of esters is 1. The maximum atomic E-state index is 12.6. The maximum absolute atomic E-state index is 12.6. The van der Waals surface area contributed by atoms with Gasteiger partial charge < -0.3 is 10.1 Å². The highest BCUT2D eigenvalue weighted by Crippen LogP contribution is 2.36. The molecule has 1 heterocycles. The van der Waals surface area contributed by atoms with Gasteiger partial charge in [-0.25, -0.2) is 4.79 Å². The minimum absolute atomic E-state index is 0.256. The van der Waals surface area contributed by atoms with Gasteiger partial charge in [0.05, 0.1) is 6.61 Å². The van der Waals surface area contributed by atoms with Crippen molar-refractivity contribution < 1.29 is 14.3 Å². The van der Waals surface area contributed by atoms with Crippen LogP contribution < -0.4 is 5.32 Å². The first-order valence-electron chi connectivity index (χ1n) is 9.08. The van der Waals surface area contributed by atoms with Crippen LogP contribution >= 0.6 is 22.9 Å². The van der Waals surface area contributed by atoms with E-state index in [4.69, 9.17) is 16.3 Å². The lowest BCUT2D eigenvalue weighted by atomic mass is 10.0. The number of hydrogen-bond acceptors (Lipinski definition) is 4. The molecule has 0 saturated carbocycles. The van der Waals surface area contributed by atoms with E-state index in [2.05, 4.69) is 5.32 Å². The van der Waals surface area contributed by atoms with E-state index in [1.54, 1.807) is 25.1 Å². The van der Waals surface area contributed by atoms with Gasteiger partial charge in [-0.2, -0.15) is 0 Å². The van der Waals surface area contributed by atoms with Crippen LogP contribution in [0.2, 0.25) is 5.02 Å². The van der Waals surface area contributed by atoms with Gasteiger partial charge >= 0.3 is 5.97 Å². The quantitative estimate of drug-likeness (QED) is 0.377. The number of ether oxygens (including phenoxy) is 1. The van der Waals surface area contributed by atoms with Crippen molar-refractivity contribution in [1.82, 2.24) is 0 Å². The van der Waals surface area contributed by atoms with E-state index < -0.39 is 5.97 Å². The Bertz CT molecular complexity index is 1040. The summed E-state index contributed by atoms with van der Waals surface area (Å²) in [6, 6.07) is 15.0. The number of carbonyl (C=O) groups excluding carboxylic acids is 2. The van der Waals surface area contributed by atoms with Gasteiger partial charge in [0.15, 0.2) is 0 Å². The Morgan fingerprint density at radius 3 is 2.45 bits per heavy atom. The third kappa shape index (κ3) is 5.34. The Balaban J connectivity index is 1.86. The summed E-state index contributed by atoms with van der Waals surface area (Å²) in [4.78, 5) is 25.0. The summed E-state index contributed by atoms with van der Waals surface area (Å²) < 4.78 is 5.22. The van der Waals surface area contributed by atoms with Gasteiger partial charge in [0.2, 0.25) is 5.91 Å². The number of nitrogens with one attached hydrogen (secondary N) is 1. The van der Waals surface area contributed by atoms with Crippen LogP contribution in [0.3, 0.4) is 0 Å². The maximum Gasteiger partial charge on any atom is 0.341 e. The Morgan fingerprint density at radius 1 is 1.10 bits per heavy atom. The molecule has 3 aromatic rings. The highest BCUT2D eigenvalue weighted by atomic mass is 35.5. The van der Waals surface area contributed by atoms with Gasteiger partial charge in [-0.05, 0) is 43.2 Å². The highest BCUT2D eigenvalue weighted by Gasteiger charge is 2.22. The third-order valence-electron chi connectivity index (χ3n) is 4.17. The number of aryl methyl sites for hydroxylation is 1. The van der Waals surface area contributed by atoms with Crippen LogP contribution in [0.4, 0.5) is 5.00 Å². The molecular formula is C23H20ClNO3S. The molecule has 148 valence electrons. The summed E-state index contributed by atoms with van der Waals surface area (Å²) in [6.45, 7) is 4.01. The van der Waals surface area contributed by atoms with E-state index in [-0.39, 0.29) is 12.5 Å². The Morgan fingerprint density at radius 2 is 1.79 bits per heavy atom. The van der Waals surface area contributed by atoms with Crippen molar-refractivity contribution in [3.63, 3.8) is 0 Å². The lowest BCUT2D eigenvalue weighted by molar-refractivity contribution is -0.111. The summed E-state index contributed by atoms with van der Waals surface area (Å²) in [5, 5.41) is 5.75. The zero-order valence-corrected chi connectivity index (χ0v) is 17.6. The number of halogens is 1. The molecule has 0 unspecified atom stereocenters. The molecule has 29 heavy (non-hydrogen) atoms. The highest BCUT2D eigenvalue weighted by molar-refractivity contribution is 7.15. The second kappa shape index (κ2) is 9.54. The average Bonchev–Trinajstić information content (AvgIpc) is 3.12. The molecule has 6 heteroatoms. The summed E-state index contributed by atoms with van der Waals surface area (Å²) in [5.41, 5.74) is 3.98. The predicted molar refractivity (Wildman–Crippen MR) is 120 cm³/mol. The van der Waals surface area contributed by atoms with Crippen molar-refractivity contribution >= 4 is 45.9 Å². The Labute approximate surface area is 178 Å². The molecule has 2 aromatic carbocycles. The Kier molecular flexibility index (Phi) is 6.86. The molecule has 1 amide bonds. The van der Waals surface area contributed by atoms with E-state index in [0.29, 0.717) is 15.6 Å². The van der Waals surface area contributed by atoms with Crippen molar-refractivity contribution in [1.29, 1.82) is 0 Å². The third-order valence-corrected chi connectivity index (χ3v) is 5.31. The normalized spacial score (nSPS) is 10.9. The van der Waals surface area contributed by atoms with E-state index in [1.165, 1.54) is 17.4 Å². The number of anilines is 1. The molecule has 0 radical (unpaired) electrons. The second-order valence-corrected chi connectivity index (χ2v) is 7.63. The molecule has 0 fully saturated rings. The van der Waals surface area contributed by atoms with Gasteiger partial charge in [0, 0.05) is 22.0 Å². The van der Waals surface area contributed by atoms with Crippen molar-refractivity contribution in [3.05, 3.63) is 81.7 Å². The molecule has 0 aliphatic heterocycles. The topological polar surface area (TPSA) is 55.4 Å². The van der Waals surface area contributed by atoms with Crippen LogP contribution in [0.1, 0.15) is 28.4 Å². The first-order chi connectivity index (χ1) is 14.0.